The number of hydrogen-bond donors (Lipinski definition) is 2. The molecule has 0 fully saturated rings. The Bertz CT molecular complexity index is 1650. The molecule has 0 unspecified atom stereocenters. The zero-order chi connectivity index (χ0) is 28.3. The van der Waals surface area contributed by atoms with E-state index in [1.807, 2.05) is 0 Å². The van der Waals surface area contributed by atoms with Crippen LogP contribution in [0.2, 0.25) is 0 Å². The third-order valence-electron chi connectivity index (χ3n) is 5.57. The number of ether oxygens (including phenoxy) is 2. The lowest BCUT2D eigenvalue weighted by atomic mass is 10.1. The van der Waals surface area contributed by atoms with Gasteiger partial charge in [0.05, 0.1) is 23.2 Å². The summed E-state index contributed by atoms with van der Waals surface area (Å²) in [6, 6.07) is 8.87. The summed E-state index contributed by atoms with van der Waals surface area (Å²) in [6.07, 6.45) is -2.54. The smallest absolute Gasteiger partial charge is 0.417 e. The van der Waals surface area contributed by atoms with Crippen molar-refractivity contribution in [2.24, 2.45) is 7.05 Å². The number of nitriles is 1. The number of carbonyl (C=O) groups is 1. The Labute approximate surface area is 219 Å². The number of aromatic nitrogens is 4. The van der Waals surface area contributed by atoms with Gasteiger partial charge in [0.2, 0.25) is 11.9 Å². The first-order valence-corrected chi connectivity index (χ1v) is 11.4. The number of hydrogen-bond acceptors (Lipinski definition) is 8. The molecule has 0 aliphatic rings. The molecule has 4 aromatic rings. The van der Waals surface area contributed by atoms with E-state index in [2.05, 4.69) is 26.7 Å². The minimum Gasteiger partial charge on any atom is -0.456 e. The predicted octanol–water partition coefficient (Wildman–Crippen LogP) is 4.16. The van der Waals surface area contributed by atoms with Gasteiger partial charge in [0.25, 0.3) is 5.56 Å². The maximum atomic E-state index is 13.5. The van der Waals surface area contributed by atoms with Gasteiger partial charge in [0.15, 0.2) is 0 Å². The first-order valence-electron chi connectivity index (χ1n) is 11.4. The average Bonchev–Trinajstić information content (AvgIpc) is 3.18. The topological polar surface area (TPSA) is 136 Å². The second kappa shape index (κ2) is 10.8. The zero-order valence-corrected chi connectivity index (χ0v) is 21.0. The number of anilines is 3. The fourth-order valence-electron chi connectivity index (χ4n) is 3.80. The van der Waals surface area contributed by atoms with Gasteiger partial charge in [0, 0.05) is 46.1 Å². The van der Waals surface area contributed by atoms with Gasteiger partial charge in [-0.25, -0.2) is 9.97 Å². The van der Waals surface area contributed by atoms with Crippen LogP contribution in [-0.4, -0.2) is 38.7 Å². The summed E-state index contributed by atoms with van der Waals surface area (Å²) in [4.78, 5) is 32.6. The molecule has 0 saturated heterocycles. The normalized spacial score (nSPS) is 11.3. The molecular weight excluding hydrogens is 519 g/mol. The largest absolute Gasteiger partial charge is 0.456 e. The van der Waals surface area contributed by atoms with Gasteiger partial charge >= 0.3 is 6.18 Å². The highest BCUT2D eigenvalue weighted by Crippen LogP contribution is 2.34. The lowest BCUT2D eigenvalue weighted by molar-refractivity contribution is -0.138. The Morgan fingerprint density at radius 1 is 1.23 bits per heavy atom. The number of methoxy groups -OCH3 is 1. The van der Waals surface area contributed by atoms with Crippen LogP contribution in [0.4, 0.5) is 30.6 Å². The zero-order valence-electron chi connectivity index (χ0n) is 21.0. The van der Waals surface area contributed by atoms with Crippen LogP contribution in [0.15, 0.2) is 47.5 Å². The third-order valence-corrected chi connectivity index (χ3v) is 5.57. The van der Waals surface area contributed by atoms with Gasteiger partial charge in [-0.2, -0.15) is 18.4 Å². The summed E-state index contributed by atoms with van der Waals surface area (Å²) in [7, 11) is 2.92. The van der Waals surface area contributed by atoms with Gasteiger partial charge < -0.3 is 29.2 Å². The summed E-state index contributed by atoms with van der Waals surface area (Å²) in [5.74, 6) is 0.431. The number of halogens is 3. The maximum absolute atomic E-state index is 13.5. The molecule has 202 valence electrons. The molecule has 39 heavy (non-hydrogen) atoms. The first-order chi connectivity index (χ1) is 18.5. The van der Waals surface area contributed by atoms with Gasteiger partial charge in [-0.05, 0) is 24.3 Å². The second-order valence-corrected chi connectivity index (χ2v) is 8.33. The fourth-order valence-corrected chi connectivity index (χ4v) is 3.80. The number of benzene rings is 1. The Morgan fingerprint density at radius 2 is 2.00 bits per heavy atom. The van der Waals surface area contributed by atoms with Crippen molar-refractivity contribution in [3.8, 4) is 17.6 Å². The van der Waals surface area contributed by atoms with Crippen LogP contribution < -0.4 is 20.9 Å². The molecule has 1 aromatic carbocycles. The van der Waals surface area contributed by atoms with Crippen molar-refractivity contribution in [2.45, 2.75) is 19.6 Å². The van der Waals surface area contributed by atoms with Crippen LogP contribution in [0.1, 0.15) is 18.1 Å². The average molecular weight is 541 g/mol. The van der Waals surface area contributed by atoms with Crippen molar-refractivity contribution < 1.29 is 27.4 Å². The van der Waals surface area contributed by atoms with Crippen molar-refractivity contribution in [3.63, 3.8) is 0 Å². The van der Waals surface area contributed by atoms with Crippen LogP contribution in [0, 0.1) is 11.3 Å². The minimum atomic E-state index is -4.70. The molecule has 3 aromatic heterocycles. The van der Waals surface area contributed by atoms with Crippen molar-refractivity contribution in [3.05, 3.63) is 64.2 Å². The van der Waals surface area contributed by atoms with E-state index in [0.29, 0.717) is 22.8 Å². The second-order valence-electron chi connectivity index (χ2n) is 8.33. The van der Waals surface area contributed by atoms with E-state index in [1.165, 1.54) is 43.0 Å². The molecule has 4 rings (SSSR count). The maximum Gasteiger partial charge on any atom is 0.417 e. The summed E-state index contributed by atoms with van der Waals surface area (Å²) in [6.45, 7) is 1.28. The molecule has 2 N–H and O–H groups in total. The van der Waals surface area contributed by atoms with Crippen LogP contribution >= 0.6 is 0 Å². The quantitative estimate of drug-likeness (QED) is 0.339. The highest BCUT2D eigenvalue weighted by atomic mass is 19.4. The van der Waals surface area contributed by atoms with Crippen molar-refractivity contribution >= 4 is 34.4 Å². The molecule has 0 aliphatic carbocycles. The van der Waals surface area contributed by atoms with E-state index in [9.17, 15) is 28.0 Å². The summed E-state index contributed by atoms with van der Waals surface area (Å²) < 4.78 is 53.7. The van der Waals surface area contributed by atoms with E-state index in [-0.39, 0.29) is 47.8 Å². The Balaban J connectivity index is 1.74. The van der Waals surface area contributed by atoms with Crippen molar-refractivity contribution in [2.75, 3.05) is 24.4 Å². The number of alkyl halides is 3. The lowest BCUT2D eigenvalue weighted by Crippen LogP contribution is -2.26. The van der Waals surface area contributed by atoms with Crippen LogP contribution in [0.25, 0.3) is 11.0 Å². The van der Waals surface area contributed by atoms with Gasteiger partial charge in [-0.1, -0.05) is 0 Å². The first kappa shape index (κ1) is 27.1. The lowest BCUT2D eigenvalue weighted by Gasteiger charge is -2.14. The van der Waals surface area contributed by atoms with E-state index >= 15 is 0 Å². The van der Waals surface area contributed by atoms with Crippen molar-refractivity contribution in [1.82, 2.24) is 19.1 Å². The highest BCUT2D eigenvalue weighted by Gasteiger charge is 2.32. The number of pyridine rings is 2. The molecule has 3 heterocycles. The molecule has 1 amide bonds. The number of nitrogens with zero attached hydrogens (tertiary/aromatic N) is 5. The van der Waals surface area contributed by atoms with E-state index < -0.39 is 17.3 Å². The molecule has 14 heteroatoms. The minimum absolute atomic E-state index is 0.0326. The SMILES string of the molecule is COCCn1cc(C(F)(F)F)cc(Nc2nc3ccc(Oc4ccnc(NC(C)=O)c4)c(C#N)c3n2C)c1=O. The van der Waals surface area contributed by atoms with Gasteiger partial charge in [0.1, 0.15) is 34.6 Å². The molecule has 0 spiro atoms. The standard InChI is InChI=1S/C25H22F3N7O4/c1-14(36)31-21-11-16(6-7-30-21)39-20-5-4-18-22(17(20)12-29)34(2)24(32-18)33-19-10-15(25(26,27)28)13-35(23(19)37)8-9-38-3/h4-7,10-11,13H,8-9H2,1-3H3,(H,32,33)(H,30,31,36). The summed E-state index contributed by atoms with van der Waals surface area (Å²) in [5.41, 5.74) is -1.33. The number of fused-ring (bicyclic) bond motifs is 1. The highest BCUT2D eigenvalue weighted by molar-refractivity contribution is 5.88. The van der Waals surface area contributed by atoms with Gasteiger partial charge in [-0.3, -0.25) is 9.59 Å². The Morgan fingerprint density at radius 3 is 2.67 bits per heavy atom. The predicted molar refractivity (Wildman–Crippen MR) is 135 cm³/mol. The number of amides is 1. The molecule has 0 bridgehead atoms. The van der Waals surface area contributed by atoms with Crippen LogP contribution in [0.3, 0.4) is 0 Å². The van der Waals surface area contributed by atoms with Crippen LogP contribution in [0.5, 0.6) is 11.5 Å². The molecule has 0 atom stereocenters. The molecule has 11 nitrogen and oxygen atoms in total. The Kier molecular flexibility index (Phi) is 7.54. The Hall–Kier alpha value is -4.90. The molecule has 0 aliphatic heterocycles. The van der Waals surface area contributed by atoms with E-state index in [4.69, 9.17) is 9.47 Å². The van der Waals surface area contributed by atoms with E-state index in [0.717, 1.165) is 10.8 Å². The number of carbonyl (C=O) groups excluding carboxylic acids is 1. The number of aryl methyl sites for hydroxylation is 1. The third kappa shape index (κ3) is 5.83. The number of rotatable bonds is 8. The van der Waals surface area contributed by atoms with Crippen molar-refractivity contribution in [1.29, 1.82) is 5.26 Å². The van der Waals surface area contributed by atoms with Crippen LogP contribution in [-0.2, 0) is 29.3 Å². The van der Waals surface area contributed by atoms with Gasteiger partial charge in [-0.15, -0.1) is 0 Å². The fraction of sp³-hybridized carbons (Fsp3) is 0.240. The molecule has 0 saturated carbocycles. The molecular formula is C25H22F3N7O4. The summed E-state index contributed by atoms with van der Waals surface area (Å²) in [5, 5.41) is 15.1. The summed E-state index contributed by atoms with van der Waals surface area (Å²) >= 11 is 0. The number of nitrogens with one attached hydrogen (secondary N) is 2. The molecule has 0 radical (unpaired) electrons. The number of imidazole rings is 1. The monoisotopic (exact) mass is 541 g/mol. The van der Waals surface area contributed by atoms with E-state index in [1.54, 1.807) is 13.1 Å².